The minimum Gasteiger partial charge on any atom is -0.359 e. The van der Waals surface area contributed by atoms with Crippen LogP contribution in [0.3, 0.4) is 0 Å². The van der Waals surface area contributed by atoms with Crippen LogP contribution in [0, 0.1) is 13.8 Å². The van der Waals surface area contributed by atoms with E-state index in [9.17, 15) is 0 Å². The average molecular weight is 344 g/mol. The van der Waals surface area contributed by atoms with Gasteiger partial charge in [0, 0.05) is 16.8 Å². The van der Waals surface area contributed by atoms with Crippen molar-refractivity contribution >= 4 is 28.9 Å². The van der Waals surface area contributed by atoms with Gasteiger partial charge in [0.15, 0.2) is 0 Å². The zero-order valence-electron chi connectivity index (χ0n) is 12.8. The van der Waals surface area contributed by atoms with Crippen LogP contribution < -0.4 is 5.32 Å². The summed E-state index contributed by atoms with van der Waals surface area (Å²) in [4.78, 5) is 0. The summed E-state index contributed by atoms with van der Waals surface area (Å²) < 4.78 is 1.98. The van der Waals surface area contributed by atoms with E-state index in [1.165, 1.54) is 5.56 Å². The van der Waals surface area contributed by atoms with Gasteiger partial charge in [-0.25, -0.2) is 4.68 Å². The number of nitrogens with zero attached hydrogens (tertiary/aromatic N) is 2. The molecule has 0 aliphatic carbocycles. The molecule has 5 heteroatoms. The first-order chi connectivity index (χ1) is 11.0. The minimum absolute atomic E-state index is 0.180. The fraction of sp³-hybridized carbons (Fsp3) is 0.167. The van der Waals surface area contributed by atoms with Gasteiger partial charge in [-0.15, -0.1) is 0 Å². The number of anilines is 1. The van der Waals surface area contributed by atoms with E-state index in [0.29, 0.717) is 10.0 Å². The molecule has 0 saturated carbocycles. The van der Waals surface area contributed by atoms with Crippen molar-refractivity contribution in [2.24, 2.45) is 0 Å². The predicted octanol–water partition coefficient (Wildman–Crippen LogP) is 5.45. The molecule has 0 spiro atoms. The van der Waals surface area contributed by atoms with Crippen LogP contribution >= 0.6 is 23.2 Å². The zero-order valence-corrected chi connectivity index (χ0v) is 14.3. The molecule has 1 aliphatic heterocycles. The molecule has 2 aromatic carbocycles. The lowest BCUT2D eigenvalue weighted by Gasteiger charge is -2.30. The van der Waals surface area contributed by atoms with Crippen LogP contribution in [0.1, 0.15) is 23.0 Å². The molecule has 0 fully saturated rings. The van der Waals surface area contributed by atoms with Gasteiger partial charge in [-0.05, 0) is 38.1 Å². The molecule has 1 aromatic heterocycles. The number of fused-ring (bicyclic) bond motifs is 3. The summed E-state index contributed by atoms with van der Waals surface area (Å²) in [6.07, 6.45) is -0.180. The smallest absolute Gasteiger partial charge is 0.148 e. The zero-order chi connectivity index (χ0) is 16.1. The maximum atomic E-state index is 6.44. The Morgan fingerprint density at radius 3 is 2.74 bits per heavy atom. The first-order valence-corrected chi connectivity index (χ1v) is 8.18. The molecule has 1 atom stereocenters. The Bertz CT molecular complexity index is 915. The molecule has 0 radical (unpaired) electrons. The van der Waals surface area contributed by atoms with Gasteiger partial charge in [0.05, 0.1) is 21.4 Å². The highest BCUT2D eigenvalue weighted by molar-refractivity contribution is 6.42. The monoisotopic (exact) mass is 343 g/mol. The second-order valence-electron chi connectivity index (χ2n) is 5.85. The van der Waals surface area contributed by atoms with E-state index in [1.807, 2.05) is 23.7 Å². The molecule has 23 heavy (non-hydrogen) atoms. The number of nitrogens with one attached hydrogen (secondary N) is 1. The fourth-order valence-corrected chi connectivity index (χ4v) is 3.47. The number of rotatable bonds is 1. The number of aromatic nitrogens is 2. The largest absolute Gasteiger partial charge is 0.359 e. The summed E-state index contributed by atoms with van der Waals surface area (Å²) in [5.41, 5.74) is 6.41. The van der Waals surface area contributed by atoms with Crippen molar-refractivity contribution in [3.63, 3.8) is 0 Å². The van der Waals surface area contributed by atoms with Gasteiger partial charge >= 0.3 is 0 Å². The topological polar surface area (TPSA) is 29.9 Å². The van der Waals surface area contributed by atoms with E-state index in [1.54, 1.807) is 6.07 Å². The van der Waals surface area contributed by atoms with E-state index in [2.05, 4.69) is 41.6 Å². The Morgan fingerprint density at radius 1 is 1.09 bits per heavy atom. The highest BCUT2D eigenvalue weighted by atomic mass is 35.5. The summed E-state index contributed by atoms with van der Waals surface area (Å²) in [6.45, 7) is 4.09. The molecular formula is C18H15Cl2N3. The Balaban J connectivity index is 1.94. The lowest BCUT2D eigenvalue weighted by Crippen LogP contribution is -2.26. The number of aryl methyl sites for hydroxylation is 2. The molecule has 116 valence electrons. The quantitative estimate of drug-likeness (QED) is 0.636. The Morgan fingerprint density at radius 2 is 1.91 bits per heavy atom. The van der Waals surface area contributed by atoms with Crippen LogP contribution in [0.4, 0.5) is 5.69 Å². The molecule has 0 bridgehead atoms. The molecule has 1 N–H and O–H groups in total. The van der Waals surface area contributed by atoms with Crippen LogP contribution in [0.5, 0.6) is 0 Å². The molecule has 1 aliphatic rings. The van der Waals surface area contributed by atoms with Gasteiger partial charge in [-0.2, -0.15) is 5.10 Å². The number of hydrogen-bond donors (Lipinski definition) is 1. The average Bonchev–Trinajstić information content (AvgIpc) is 2.91. The van der Waals surface area contributed by atoms with E-state index >= 15 is 0 Å². The molecule has 3 aromatic rings. The van der Waals surface area contributed by atoms with E-state index in [-0.39, 0.29) is 6.17 Å². The number of halogens is 2. The second-order valence-corrected chi connectivity index (χ2v) is 6.64. The molecule has 2 heterocycles. The maximum absolute atomic E-state index is 6.44. The van der Waals surface area contributed by atoms with E-state index in [0.717, 1.165) is 28.2 Å². The summed E-state index contributed by atoms with van der Waals surface area (Å²) in [7, 11) is 0. The first kappa shape index (κ1) is 14.6. The standard InChI is InChI=1S/C18H15Cl2N3/c1-10-6-7-15-13(8-10)16-9-11(2)22-23(16)18(21-15)12-4-3-5-14(19)17(12)20/h3-9,18,21H,1-2H3. The van der Waals surface area contributed by atoms with Crippen LogP contribution in [-0.4, -0.2) is 9.78 Å². The summed E-state index contributed by atoms with van der Waals surface area (Å²) >= 11 is 12.6. The lowest BCUT2D eigenvalue weighted by atomic mass is 10.0. The maximum Gasteiger partial charge on any atom is 0.148 e. The van der Waals surface area contributed by atoms with E-state index < -0.39 is 0 Å². The third-order valence-corrected chi connectivity index (χ3v) is 4.96. The molecule has 0 amide bonds. The number of benzene rings is 2. The van der Waals surface area contributed by atoms with Crippen molar-refractivity contribution in [2.45, 2.75) is 20.0 Å². The molecule has 3 nitrogen and oxygen atoms in total. The highest BCUT2D eigenvalue weighted by Crippen LogP contribution is 2.41. The predicted molar refractivity (Wildman–Crippen MR) is 95.4 cm³/mol. The molecular weight excluding hydrogens is 329 g/mol. The van der Waals surface area contributed by atoms with Crippen LogP contribution in [0.15, 0.2) is 42.5 Å². The Hall–Kier alpha value is -1.97. The van der Waals surface area contributed by atoms with Crippen LogP contribution in [0.2, 0.25) is 10.0 Å². The summed E-state index contributed by atoms with van der Waals surface area (Å²) in [6, 6.07) is 14.2. The third-order valence-electron chi connectivity index (χ3n) is 4.12. The Kier molecular flexibility index (Phi) is 3.36. The van der Waals surface area contributed by atoms with Gasteiger partial charge in [-0.3, -0.25) is 0 Å². The molecule has 0 saturated heterocycles. The Labute approximate surface area is 144 Å². The van der Waals surface area contributed by atoms with Gasteiger partial charge in [0.25, 0.3) is 0 Å². The fourth-order valence-electron chi connectivity index (χ4n) is 3.06. The van der Waals surface area contributed by atoms with E-state index in [4.69, 9.17) is 23.2 Å². The van der Waals surface area contributed by atoms with Gasteiger partial charge in [0.2, 0.25) is 0 Å². The molecule has 4 rings (SSSR count). The van der Waals surface area contributed by atoms with Crippen molar-refractivity contribution in [1.82, 2.24) is 9.78 Å². The summed E-state index contributed by atoms with van der Waals surface area (Å²) in [5, 5.41) is 9.30. The summed E-state index contributed by atoms with van der Waals surface area (Å²) in [5.74, 6) is 0. The van der Waals surface area contributed by atoms with Crippen LogP contribution in [0.25, 0.3) is 11.3 Å². The third kappa shape index (κ3) is 2.32. The van der Waals surface area contributed by atoms with Gasteiger partial charge < -0.3 is 5.32 Å². The normalized spacial score (nSPS) is 15.7. The lowest BCUT2D eigenvalue weighted by molar-refractivity contribution is 0.571. The number of hydrogen-bond acceptors (Lipinski definition) is 2. The van der Waals surface area contributed by atoms with Crippen molar-refractivity contribution in [1.29, 1.82) is 0 Å². The van der Waals surface area contributed by atoms with Gasteiger partial charge in [-0.1, -0.05) is 47.0 Å². The van der Waals surface area contributed by atoms with Crippen molar-refractivity contribution in [3.05, 3.63) is 69.3 Å². The van der Waals surface area contributed by atoms with Crippen molar-refractivity contribution in [2.75, 3.05) is 5.32 Å². The highest BCUT2D eigenvalue weighted by Gasteiger charge is 2.28. The van der Waals surface area contributed by atoms with Crippen molar-refractivity contribution in [3.8, 4) is 11.3 Å². The minimum atomic E-state index is -0.180. The van der Waals surface area contributed by atoms with Gasteiger partial charge in [0.1, 0.15) is 6.17 Å². The van der Waals surface area contributed by atoms with Crippen molar-refractivity contribution < 1.29 is 0 Å². The SMILES string of the molecule is Cc1ccc2c(c1)-c1cc(C)nn1C(c1cccc(Cl)c1Cl)N2. The molecule has 1 unspecified atom stereocenters. The van der Waals surface area contributed by atoms with Crippen LogP contribution in [-0.2, 0) is 0 Å². The first-order valence-electron chi connectivity index (χ1n) is 7.42. The second kappa shape index (κ2) is 5.29.